The zero-order chi connectivity index (χ0) is 17.2. The van der Waals surface area contributed by atoms with E-state index in [2.05, 4.69) is 4.72 Å². The van der Waals surface area contributed by atoms with E-state index in [1.807, 2.05) is 0 Å². The molecule has 10 heteroatoms. The summed E-state index contributed by atoms with van der Waals surface area (Å²) < 4.78 is 26.7. The predicted octanol–water partition coefficient (Wildman–Crippen LogP) is 1.41. The highest BCUT2D eigenvalue weighted by atomic mass is 35.5. The van der Waals surface area contributed by atoms with E-state index in [1.165, 1.54) is 12.1 Å². The molecule has 0 aliphatic rings. The lowest BCUT2D eigenvalue weighted by atomic mass is 10.2. The number of benzene rings is 2. The number of rotatable bonds is 5. The van der Waals surface area contributed by atoms with Crippen molar-refractivity contribution in [1.29, 1.82) is 0 Å². The highest BCUT2D eigenvalue weighted by molar-refractivity contribution is 7.92. The molecule has 2 rings (SSSR count). The fourth-order valence-electron chi connectivity index (χ4n) is 1.70. The van der Waals surface area contributed by atoms with Crippen LogP contribution in [-0.2, 0) is 10.0 Å². The van der Waals surface area contributed by atoms with Crippen molar-refractivity contribution in [1.82, 2.24) is 0 Å². The van der Waals surface area contributed by atoms with E-state index in [1.54, 1.807) is 0 Å². The van der Waals surface area contributed by atoms with Crippen LogP contribution in [0.4, 0.5) is 11.4 Å². The van der Waals surface area contributed by atoms with Gasteiger partial charge in [0.15, 0.2) is 0 Å². The Morgan fingerprint density at radius 2 is 1.74 bits per heavy atom. The Hall–Kier alpha value is -2.65. The monoisotopic (exact) mass is 355 g/mol. The third-order valence-corrected chi connectivity index (χ3v) is 4.65. The maximum Gasteiger partial charge on any atom is 0.270 e. The molecule has 0 heterocycles. The maximum atomic E-state index is 12.3. The number of carboxylic acid groups (broad SMARTS) is 1. The first kappa shape index (κ1) is 16.7. The Bertz CT molecular complexity index is 880. The second-order valence-electron chi connectivity index (χ2n) is 4.34. The zero-order valence-corrected chi connectivity index (χ0v) is 12.8. The van der Waals surface area contributed by atoms with Gasteiger partial charge in [-0.3, -0.25) is 14.8 Å². The number of sulfonamides is 1. The third-order valence-electron chi connectivity index (χ3n) is 2.79. The standard InChI is InChI=1S/C13H9ClN2O6S/c14-11-6-5-10(16(19)20)7-12(11)23(21,22)15-9-3-1-8(2-4-9)13(17)18/h1-7,15H,(H,17,18)/p-1. The number of hydrogen-bond acceptors (Lipinski definition) is 6. The average molecular weight is 356 g/mol. The number of non-ortho nitro benzene ring substituents is 1. The van der Waals surface area contributed by atoms with Crippen molar-refractivity contribution in [2.24, 2.45) is 0 Å². The van der Waals surface area contributed by atoms with E-state index in [9.17, 15) is 28.4 Å². The molecule has 0 fully saturated rings. The first-order valence-corrected chi connectivity index (χ1v) is 7.85. The largest absolute Gasteiger partial charge is 0.545 e. The SMILES string of the molecule is O=C([O-])c1ccc(NS(=O)(=O)c2cc([N+](=O)[O-])ccc2Cl)cc1. The average Bonchev–Trinajstić information content (AvgIpc) is 2.47. The Labute approximate surface area is 135 Å². The summed E-state index contributed by atoms with van der Waals surface area (Å²) in [5, 5.41) is 21.2. The number of nitro groups is 1. The first-order valence-electron chi connectivity index (χ1n) is 5.99. The topological polar surface area (TPSA) is 129 Å². The molecule has 120 valence electrons. The van der Waals surface area contributed by atoms with Crippen LogP contribution in [0.15, 0.2) is 47.4 Å². The number of halogens is 1. The van der Waals surface area contributed by atoms with Gasteiger partial charge in [0.2, 0.25) is 0 Å². The number of anilines is 1. The molecule has 0 atom stereocenters. The summed E-state index contributed by atoms with van der Waals surface area (Å²) in [6.45, 7) is 0. The van der Waals surface area contributed by atoms with Crippen LogP contribution in [-0.4, -0.2) is 19.3 Å². The molecule has 0 aliphatic carbocycles. The number of hydrogen-bond donors (Lipinski definition) is 1. The molecule has 2 aromatic carbocycles. The van der Waals surface area contributed by atoms with Gasteiger partial charge in [0, 0.05) is 17.8 Å². The molecule has 1 N–H and O–H groups in total. The molecule has 0 saturated carbocycles. The minimum absolute atomic E-state index is 0.0672. The molecule has 23 heavy (non-hydrogen) atoms. The Morgan fingerprint density at radius 1 is 1.13 bits per heavy atom. The summed E-state index contributed by atoms with van der Waals surface area (Å²) >= 11 is 5.79. The molecule has 0 aromatic heterocycles. The van der Waals surface area contributed by atoms with Gasteiger partial charge in [0.05, 0.1) is 15.9 Å². The zero-order valence-electron chi connectivity index (χ0n) is 11.2. The summed E-state index contributed by atoms with van der Waals surface area (Å²) in [6, 6.07) is 7.76. The Balaban J connectivity index is 2.37. The van der Waals surface area contributed by atoms with Crippen molar-refractivity contribution < 1.29 is 23.2 Å². The van der Waals surface area contributed by atoms with Crippen molar-refractivity contribution in [2.45, 2.75) is 4.90 Å². The highest BCUT2D eigenvalue weighted by Gasteiger charge is 2.21. The van der Waals surface area contributed by atoms with E-state index in [4.69, 9.17) is 11.6 Å². The van der Waals surface area contributed by atoms with Gasteiger partial charge in [-0.2, -0.15) is 0 Å². The Kier molecular flexibility index (Phi) is 4.52. The van der Waals surface area contributed by atoms with Crippen LogP contribution in [0, 0.1) is 10.1 Å². The smallest absolute Gasteiger partial charge is 0.270 e. The molecular weight excluding hydrogens is 348 g/mol. The minimum Gasteiger partial charge on any atom is -0.545 e. The molecular formula is C13H8ClN2O6S-. The predicted molar refractivity (Wildman–Crippen MR) is 79.7 cm³/mol. The Morgan fingerprint density at radius 3 is 2.26 bits per heavy atom. The summed E-state index contributed by atoms with van der Waals surface area (Å²) in [6.07, 6.45) is 0. The molecule has 8 nitrogen and oxygen atoms in total. The lowest BCUT2D eigenvalue weighted by Gasteiger charge is -2.10. The number of nitro benzene ring substituents is 1. The minimum atomic E-state index is -4.18. The molecule has 0 amide bonds. The van der Waals surface area contributed by atoms with Crippen molar-refractivity contribution in [3.8, 4) is 0 Å². The van der Waals surface area contributed by atoms with Crippen LogP contribution >= 0.6 is 11.6 Å². The summed E-state index contributed by atoms with van der Waals surface area (Å²) in [5.41, 5.74) is -0.485. The van der Waals surface area contributed by atoms with E-state index in [0.717, 1.165) is 30.3 Å². The van der Waals surface area contributed by atoms with Gasteiger partial charge >= 0.3 is 0 Å². The summed E-state index contributed by atoms with van der Waals surface area (Å²) in [7, 11) is -4.18. The molecule has 0 unspecified atom stereocenters. The van der Waals surface area contributed by atoms with Gasteiger partial charge in [-0.15, -0.1) is 0 Å². The van der Waals surface area contributed by atoms with Gasteiger partial charge in [-0.25, -0.2) is 8.42 Å². The van der Waals surface area contributed by atoms with Crippen molar-refractivity contribution in [3.05, 3.63) is 63.2 Å². The van der Waals surface area contributed by atoms with Crippen molar-refractivity contribution in [2.75, 3.05) is 4.72 Å². The maximum absolute atomic E-state index is 12.3. The van der Waals surface area contributed by atoms with Gasteiger partial charge in [0.25, 0.3) is 15.7 Å². The molecule has 0 spiro atoms. The van der Waals surface area contributed by atoms with E-state index >= 15 is 0 Å². The van der Waals surface area contributed by atoms with Crippen LogP contribution in [0.25, 0.3) is 0 Å². The van der Waals surface area contributed by atoms with Crippen LogP contribution in [0.1, 0.15) is 10.4 Å². The number of carbonyl (C=O) groups excluding carboxylic acids is 1. The third kappa shape index (κ3) is 3.76. The molecule has 0 radical (unpaired) electrons. The van der Waals surface area contributed by atoms with Gasteiger partial charge in [-0.1, -0.05) is 23.7 Å². The quantitative estimate of drug-likeness (QED) is 0.637. The lowest BCUT2D eigenvalue weighted by Crippen LogP contribution is -2.22. The van der Waals surface area contributed by atoms with Gasteiger partial charge in [-0.05, 0) is 23.8 Å². The van der Waals surface area contributed by atoms with Gasteiger partial charge in [0.1, 0.15) is 4.90 Å². The number of aromatic carboxylic acids is 1. The molecule has 2 aromatic rings. The van der Waals surface area contributed by atoms with Gasteiger partial charge < -0.3 is 9.90 Å². The fourth-order valence-corrected chi connectivity index (χ4v) is 3.28. The van der Waals surface area contributed by atoms with Crippen LogP contribution in [0.5, 0.6) is 0 Å². The van der Waals surface area contributed by atoms with E-state index < -0.39 is 31.5 Å². The second kappa shape index (κ2) is 6.23. The molecule has 0 saturated heterocycles. The van der Waals surface area contributed by atoms with Crippen molar-refractivity contribution >= 4 is 39.0 Å². The highest BCUT2D eigenvalue weighted by Crippen LogP contribution is 2.27. The van der Waals surface area contributed by atoms with Crippen molar-refractivity contribution in [3.63, 3.8) is 0 Å². The van der Waals surface area contributed by atoms with Crippen LogP contribution < -0.4 is 9.83 Å². The van der Waals surface area contributed by atoms with E-state index in [-0.39, 0.29) is 16.3 Å². The van der Waals surface area contributed by atoms with Crippen LogP contribution in [0.2, 0.25) is 5.02 Å². The summed E-state index contributed by atoms with van der Waals surface area (Å²) in [4.78, 5) is 20.2. The van der Waals surface area contributed by atoms with Crippen LogP contribution in [0.3, 0.4) is 0 Å². The molecule has 0 bridgehead atoms. The number of nitrogens with one attached hydrogen (secondary N) is 1. The number of carbonyl (C=O) groups is 1. The first-order chi connectivity index (χ1) is 10.7. The normalized spacial score (nSPS) is 11.0. The lowest BCUT2D eigenvalue weighted by molar-refractivity contribution is -0.385. The second-order valence-corrected chi connectivity index (χ2v) is 6.40. The fraction of sp³-hybridized carbons (Fsp3) is 0. The molecule has 0 aliphatic heterocycles. The number of carboxylic acids is 1. The van der Waals surface area contributed by atoms with E-state index in [0.29, 0.717) is 0 Å². The summed E-state index contributed by atoms with van der Waals surface area (Å²) in [5.74, 6) is -1.40. The number of nitrogens with zero attached hydrogens (tertiary/aromatic N) is 1.